The van der Waals surface area contributed by atoms with Crippen LogP contribution in [-0.2, 0) is 69.8 Å². The van der Waals surface area contributed by atoms with Crippen LogP contribution in [0.15, 0.2) is 107 Å². The molecule has 2 aliphatic rings. The number of fused-ring (bicyclic) bond motifs is 2. The lowest BCUT2D eigenvalue weighted by molar-refractivity contribution is -0.128. The van der Waals surface area contributed by atoms with Gasteiger partial charge in [0.05, 0.1) is 34.8 Å². The summed E-state index contributed by atoms with van der Waals surface area (Å²) in [6.45, 7) is 12.4. The summed E-state index contributed by atoms with van der Waals surface area (Å²) in [7, 11) is 6.84. The number of aromatic nitrogens is 2. The number of benzene rings is 4. The highest BCUT2D eigenvalue weighted by Gasteiger charge is 2.45. The Morgan fingerprint density at radius 2 is 0.898 bits per heavy atom. The maximum Gasteiger partial charge on any atom is 0.254 e. The summed E-state index contributed by atoms with van der Waals surface area (Å²) in [5.74, 6) is 11.2. The summed E-state index contributed by atoms with van der Waals surface area (Å²) in [4.78, 5) is 87.9. The molecule has 0 bridgehead atoms. The van der Waals surface area contributed by atoms with Crippen molar-refractivity contribution >= 4 is 81.4 Å². The molecule has 6 aromatic rings. The minimum Gasteiger partial charge on any atom is -0.481 e. The number of anilines is 2. The maximum atomic E-state index is 14.8. The van der Waals surface area contributed by atoms with Crippen LogP contribution in [0.2, 0.25) is 20.1 Å². The number of pyridine rings is 2. The Kier molecular flexibility index (Phi) is 21.7. The minimum absolute atomic E-state index is 0.0508. The van der Waals surface area contributed by atoms with Crippen molar-refractivity contribution in [3.05, 3.63) is 183 Å². The Bertz CT molecular complexity index is 3620. The van der Waals surface area contributed by atoms with Crippen LogP contribution < -0.4 is 51.7 Å². The molecule has 0 saturated heterocycles. The zero-order chi connectivity index (χ0) is 63.8. The van der Waals surface area contributed by atoms with Gasteiger partial charge in [0, 0.05) is 94.9 Å². The van der Waals surface area contributed by atoms with Crippen LogP contribution in [0, 0.1) is 23.7 Å². The SMILES string of the molecule is CC[C@H](NC)C(=O)N[C@@H](Cc1ccc(OCC#CC#CCOc2ccc(C[C@H](NC(=O)[C@H](CC)NC)C(=O)N3CC(C)(C)c4c3cc(Cc3ccc(Cl)cc3Cl)c(=O)n4C)cc2)cc1)C(=O)N1CC(C)(C)c2c1cc(Cc1ccc(Cl)cc1Cl)c(=O)n2C. The van der Waals surface area contributed by atoms with E-state index < -0.39 is 35.0 Å². The summed E-state index contributed by atoms with van der Waals surface area (Å²) in [5.41, 5.74) is 5.01. The largest absolute Gasteiger partial charge is 0.481 e. The molecule has 4 N–H and O–H groups in total. The molecule has 0 radical (unpaired) electrons. The van der Waals surface area contributed by atoms with Crippen LogP contribution in [0.4, 0.5) is 11.4 Å². The van der Waals surface area contributed by atoms with E-state index in [0.29, 0.717) is 78.3 Å². The molecule has 16 nitrogen and oxygen atoms in total. The van der Waals surface area contributed by atoms with E-state index in [0.717, 1.165) is 22.3 Å². The third kappa shape index (κ3) is 15.3. The van der Waals surface area contributed by atoms with Gasteiger partial charge in [-0.3, -0.25) is 28.8 Å². The fourth-order valence-electron chi connectivity index (χ4n) is 11.8. The molecule has 462 valence electrons. The van der Waals surface area contributed by atoms with E-state index in [2.05, 4.69) is 44.9 Å². The smallest absolute Gasteiger partial charge is 0.254 e. The van der Waals surface area contributed by atoms with E-state index in [1.807, 2.05) is 65.8 Å². The van der Waals surface area contributed by atoms with Crippen LogP contribution in [0.3, 0.4) is 0 Å². The number of amides is 4. The lowest BCUT2D eigenvalue weighted by atomic mass is 9.90. The molecular weight excluding hydrogens is 1200 g/mol. The molecule has 4 aromatic carbocycles. The van der Waals surface area contributed by atoms with Gasteiger partial charge in [-0.1, -0.05) is 124 Å². The van der Waals surface area contributed by atoms with Gasteiger partial charge in [0.15, 0.2) is 0 Å². The molecule has 8 rings (SSSR count). The maximum absolute atomic E-state index is 14.8. The van der Waals surface area contributed by atoms with E-state index in [1.54, 1.807) is 120 Å². The van der Waals surface area contributed by atoms with Crippen LogP contribution in [0.1, 0.15) is 99.2 Å². The Balaban J connectivity index is 0.886. The molecule has 0 unspecified atom stereocenters. The zero-order valence-electron chi connectivity index (χ0n) is 51.2. The Morgan fingerprint density at radius 1 is 0.534 bits per heavy atom. The van der Waals surface area contributed by atoms with E-state index in [4.69, 9.17) is 55.9 Å². The Morgan fingerprint density at radius 3 is 1.23 bits per heavy atom. The van der Waals surface area contributed by atoms with Crippen molar-refractivity contribution in [3.8, 4) is 35.2 Å². The molecule has 0 aliphatic carbocycles. The molecular formula is C68H74Cl4N8O8. The van der Waals surface area contributed by atoms with E-state index >= 15 is 0 Å². The summed E-state index contributed by atoms with van der Waals surface area (Å²) in [6, 6.07) is 25.4. The van der Waals surface area contributed by atoms with E-state index in [1.165, 1.54) is 0 Å². The van der Waals surface area contributed by atoms with Crippen molar-refractivity contribution in [2.75, 3.05) is 50.2 Å². The quantitative estimate of drug-likeness (QED) is 0.0478. The molecule has 0 spiro atoms. The predicted octanol–water partition coefficient (Wildman–Crippen LogP) is 9.04. The molecule has 4 amide bonds. The van der Waals surface area contributed by atoms with Crippen molar-refractivity contribution in [2.45, 2.75) is 115 Å². The number of carbonyl (C=O) groups is 4. The summed E-state index contributed by atoms with van der Waals surface area (Å²) in [6.07, 6.45) is 1.84. The highest BCUT2D eigenvalue weighted by molar-refractivity contribution is 6.35. The molecule has 0 fully saturated rings. The van der Waals surface area contributed by atoms with Gasteiger partial charge in [0.2, 0.25) is 23.6 Å². The van der Waals surface area contributed by atoms with Gasteiger partial charge in [0.25, 0.3) is 11.1 Å². The van der Waals surface area contributed by atoms with Gasteiger partial charge in [-0.05, 0) is 134 Å². The molecule has 0 saturated carbocycles. The van der Waals surface area contributed by atoms with E-state index in [9.17, 15) is 28.8 Å². The second-order valence-corrected chi connectivity index (χ2v) is 25.2. The van der Waals surface area contributed by atoms with Crippen LogP contribution in [0.25, 0.3) is 0 Å². The molecule has 2 aliphatic heterocycles. The number of nitrogens with one attached hydrogen (secondary N) is 4. The van der Waals surface area contributed by atoms with Crippen molar-refractivity contribution in [2.24, 2.45) is 14.1 Å². The molecule has 20 heteroatoms. The number of rotatable bonds is 22. The number of carbonyl (C=O) groups excluding carboxylic acids is 4. The van der Waals surface area contributed by atoms with Gasteiger partial charge in [-0.15, -0.1) is 0 Å². The first kappa shape index (κ1) is 66.4. The van der Waals surface area contributed by atoms with Crippen LogP contribution >= 0.6 is 46.4 Å². The van der Waals surface area contributed by atoms with Crippen molar-refractivity contribution in [1.29, 1.82) is 0 Å². The number of likely N-dealkylation sites (N-methyl/N-ethyl adjacent to an activating group) is 2. The molecule has 88 heavy (non-hydrogen) atoms. The second-order valence-electron chi connectivity index (χ2n) is 23.5. The first-order chi connectivity index (χ1) is 41.9. The van der Waals surface area contributed by atoms with Crippen molar-refractivity contribution in [3.63, 3.8) is 0 Å². The monoisotopic (exact) mass is 1270 g/mol. The van der Waals surface area contributed by atoms with Crippen molar-refractivity contribution < 1.29 is 28.7 Å². The third-order valence-electron chi connectivity index (χ3n) is 16.2. The van der Waals surface area contributed by atoms with Gasteiger partial charge < -0.3 is 49.7 Å². The molecule has 2 aromatic heterocycles. The normalized spacial score (nSPS) is 14.9. The Hall–Kier alpha value is -7.54. The second kappa shape index (κ2) is 28.7. The number of hydrogen-bond acceptors (Lipinski definition) is 10. The first-order valence-corrected chi connectivity index (χ1v) is 30.7. The lowest BCUT2D eigenvalue weighted by Gasteiger charge is -2.27. The average Bonchev–Trinajstić information content (AvgIpc) is 2.84. The van der Waals surface area contributed by atoms with Gasteiger partial charge in [0.1, 0.15) is 36.8 Å². The topological polar surface area (TPSA) is 185 Å². The van der Waals surface area contributed by atoms with Gasteiger partial charge in [-0.2, -0.15) is 0 Å². The molecule has 4 atom stereocenters. The highest BCUT2D eigenvalue weighted by Crippen LogP contribution is 2.42. The molecule has 4 heterocycles. The van der Waals surface area contributed by atoms with Crippen LogP contribution in [0.5, 0.6) is 11.5 Å². The fraction of sp³-hybridized carbons (Fsp3) is 0.382. The number of halogens is 4. The zero-order valence-corrected chi connectivity index (χ0v) is 54.2. The van der Waals surface area contributed by atoms with E-state index in [-0.39, 0.29) is 86.7 Å². The summed E-state index contributed by atoms with van der Waals surface area (Å²) < 4.78 is 15.0. The van der Waals surface area contributed by atoms with Gasteiger partial charge >= 0.3 is 0 Å². The standard InChI is InChI=1S/C68H74Cl4N8O8/c1-11-53(73-7)61(81)75-55(65(85)79-39-67(3,4)59-57(79)35-45(63(83)77(59)9)33-43-21-23-47(69)37-51(43)71)31-41-17-25-49(26-18-41)87-29-15-13-14-16-30-88-50-27-19-42(20-28-50)32-56(76-62(82)54(12-2)74-8)66(86)80-40-68(5,6)60-58(80)36-46(64(84)78(60)10)34-44-22-24-48(70)38-52(44)72/h17-28,35-38,53-56,73-74H,11-12,29-34,39-40H2,1-10H3,(H,75,81)(H,76,82)/t53-,54-,55-,56-/m0/s1. The average molecular weight is 1270 g/mol. The minimum atomic E-state index is -0.951. The highest BCUT2D eigenvalue weighted by atomic mass is 35.5. The fourth-order valence-corrected chi connectivity index (χ4v) is 12.7. The lowest BCUT2D eigenvalue weighted by Crippen LogP contribution is -2.54. The summed E-state index contributed by atoms with van der Waals surface area (Å²) >= 11 is 25.4. The predicted molar refractivity (Wildman–Crippen MR) is 350 cm³/mol. The van der Waals surface area contributed by atoms with Crippen LogP contribution in [-0.4, -0.2) is 97.3 Å². The number of nitrogens with zero attached hydrogens (tertiary/aromatic N) is 4. The number of hydrogen-bond donors (Lipinski definition) is 4. The van der Waals surface area contributed by atoms with Crippen molar-refractivity contribution in [1.82, 2.24) is 30.4 Å². The number of ether oxygens (including phenoxy) is 2. The summed E-state index contributed by atoms with van der Waals surface area (Å²) in [5, 5.41) is 13.9. The third-order valence-corrected chi connectivity index (χ3v) is 17.4. The Labute approximate surface area is 534 Å². The van der Waals surface area contributed by atoms with Gasteiger partial charge in [-0.25, -0.2) is 0 Å². The first-order valence-electron chi connectivity index (χ1n) is 29.2.